The van der Waals surface area contributed by atoms with Gasteiger partial charge in [-0.25, -0.2) is 24.1 Å². The summed E-state index contributed by atoms with van der Waals surface area (Å²) < 4.78 is 15.7. The largest absolute Gasteiger partial charge is 0.348 e. The zero-order valence-electron chi connectivity index (χ0n) is 20.8. The number of hydrogen-bond donors (Lipinski definition) is 3. The number of carbonyl (C=O) groups is 2. The summed E-state index contributed by atoms with van der Waals surface area (Å²) in [6.07, 6.45) is 5.10. The zero-order chi connectivity index (χ0) is 26.5. The Morgan fingerprint density at radius 2 is 2.00 bits per heavy atom. The first kappa shape index (κ1) is 23.7. The average molecular weight is 542 g/mol. The number of urea groups is 1. The predicted octanol–water partition coefficient (Wildman–Crippen LogP) is 5.00. The molecule has 11 heteroatoms. The number of thiophene rings is 1. The molecule has 0 aliphatic carbocycles. The quantitative estimate of drug-likeness (QED) is 0.291. The Kier molecular flexibility index (Phi) is 5.75. The lowest BCUT2D eigenvalue weighted by molar-refractivity contribution is 0.0934. The van der Waals surface area contributed by atoms with Gasteiger partial charge >= 0.3 is 6.03 Å². The van der Waals surface area contributed by atoms with Gasteiger partial charge in [0.05, 0.1) is 16.8 Å². The SMILES string of the molecule is O=C(NC1CCNCC1)c1sc2ncnc3c2c1NC(=O)N3c1ccc2c(ccn2Cc2cccc(F)c2)c1. The van der Waals surface area contributed by atoms with Crippen LogP contribution in [0.15, 0.2) is 61.1 Å². The summed E-state index contributed by atoms with van der Waals surface area (Å²) in [5.74, 6) is -0.0339. The van der Waals surface area contributed by atoms with Gasteiger partial charge in [-0.05, 0) is 67.9 Å². The van der Waals surface area contributed by atoms with E-state index in [1.165, 1.54) is 34.7 Å². The minimum absolute atomic E-state index is 0.0949. The summed E-state index contributed by atoms with van der Waals surface area (Å²) in [5.41, 5.74) is 2.92. The average Bonchev–Trinajstić information content (AvgIpc) is 3.51. The molecule has 7 rings (SSSR count). The van der Waals surface area contributed by atoms with Crippen LogP contribution in [0.4, 0.5) is 26.4 Å². The van der Waals surface area contributed by atoms with Crippen LogP contribution in [0.25, 0.3) is 21.1 Å². The lowest BCUT2D eigenvalue weighted by Gasteiger charge is -2.27. The van der Waals surface area contributed by atoms with Gasteiger partial charge in [-0.2, -0.15) is 0 Å². The third-order valence-electron chi connectivity index (χ3n) is 7.25. The number of hydrogen-bond acceptors (Lipinski definition) is 6. The van der Waals surface area contributed by atoms with Gasteiger partial charge in [0.15, 0.2) is 5.82 Å². The molecule has 39 heavy (non-hydrogen) atoms. The van der Waals surface area contributed by atoms with E-state index in [9.17, 15) is 14.0 Å². The zero-order valence-corrected chi connectivity index (χ0v) is 21.6. The van der Waals surface area contributed by atoms with Crippen molar-refractivity contribution in [2.45, 2.75) is 25.4 Å². The number of nitrogens with one attached hydrogen (secondary N) is 3. The Balaban J connectivity index is 1.23. The van der Waals surface area contributed by atoms with E-state index < -0.39 is 6.03 Å². The molecule has 2 aromatic carbocycles. The van der Waals surface area contributed by atoms with Crippen LogP contribution in [0.1, 0.15) is 28.1 Å². The number of aromatic nitrogens is 3. The molecule has 0 atom stereocenters. The second-order valence-corrected chi connectivity index (χ2v) is 10.8. The second-order valence-electron chi connectivity index (χ2n) is 9.76. The van der Waals surface area contributed by atoms with Gasteiger partial charge in [-0.15, -0.1) is 11.3 Å². The van der Waals surface area contributed by atoms with E-state index in [0.717, 1.165) is 42.4 Å². The summed E-state index contributed by atoms with van der Waals surface area (Å²) >= 11 is 1.26. The van der Waals surface area contributed by atoms with Crippen molar-refractivity contribution in [2.24, 2.45) is 0 Å². The van der Waals surface area contributed by atoms with Crippen LogP contribution in [0, 0.1) is 5.82 Å². The number of amides is 3. The molecule has 0 saturated carbocycles. The summed E-state index contributed by atoms with van der Waals surface area (Å²) in [5, 5.41) is 10.9. The molecule has 1 saturated heterocycles. The predicted molar refractivity (Wildman–Crippen MR) is 149 cm³/mol. The van der Waals surface area contributed by atoms with Crippen molar-refractivity contribution in [3.8, 4) is 0 Å². The normalized spacial score (nSPS) is 15.6. The first-order valence-electron chi connectivity index (χ1n) is 12.8. The Morgan fingerprint density at radius 1 is 1.13 bits per heavy atom. The maximum absolute atomic E-state index is 13.7. The van der Waals surface area contributed by atoms with E-state index in [2.05, 4.69) is 25.9 Å². The Bertz CT molecular complexity index is 1760. The number of piperidine rings is 1. The van der Waals surface area contributed by atoms with Crippen LogP contribution in [0.3, 0.4) is 0 Å². The molecule has 3 amide bonds. The molecule has 0 unspecified atom stereocenters. The fourth-order valence-electron chi connectivity index (χ4n) is 5.38. The third kappa shape index (κ3) is 4.19. The van der Waals surface area contributed by atoms with Crippen LogP contribution in [0.2, 0.25) is 0 Å². The maximum atomic E-state index is 13.7. The highest BCUT2D eigenvalue weighted by molar-refractivity contribution is 7.21. The van der Waals surface area contributed by atoms with Crippen LogP contribution in [-0.4, -0.2) is 45.6 Å². The van der Waals surface area contributed by atoms with E-state index >= 15 is 0 Å². The molecule has 5 heterocycles. The summed E-state index contributed by atoms with van der Waals surface area (Å²) in [6, 6.07) is 13.9. The van der Waals surface area contributed by atoms with Gasteiger partial charge in [0.25, 0.3) is 5.91 Å². The highest BCUT2D eigenvalue weighted by Crippen LogP contribution is 2.45. The lowest BCUT2D eigenvalue weighted by atomic mass is 10.1. The van der Waals surface area contributed by atoms with Crippen molar-refractivity contribution in [1.29, 1.82) is 0 Å². The molecule has 2 aliphatic heterocycles. The highest BCUT2D eigenvalue weighted by atomic mass is 32.1. The molecule has 0 spiro atoms. The number of carbonyl (C=O) groups excluding carboxylic acids is 2. The smallest absolute Gasteiger partial charge is 0.332 e. The fourth-order valence-corrected chi connectivity index (χ4v) is 6.37. The molecule has 3 N–H and O–H groups in total. The van der Waals surface area contributed by atoms with Crippen LogP contribution < -0.4 is 20.9 Å². The van der Waals surface area contributed by atoms with Gasteiger partial charge < -0.3 is 20.5 Å². The van der Waals surface area contributed by atoms with Crippen molar-refractivity contribution in [2.75, 3.05) is 23.3 Å². The molecule has 196 valence electrons. The number of anilines is 3. The van der Waals surface area contributed by atoms with Gasteiger partial charge in [0.1, 0.15) is 21.9 Å². The van der Waals surface area contributed by atoms with Gasteiger partial charge in [-0.1, -0.05) is 12.1 Å². The first-order valence-corrected chi connectivity index (χ1v) is 13.6. The number of benzene rings is 2. The number of fused-ring (bicyclic) bond motifs is 1. The maximum Gasteiger partial charge on any atom is 0.332 e. The molecule has 0 bridgehead atoms. The summed E-state index contributed by atoms with van der Waals surface area (Å²) in [6.45, 7) is 2.26. The first-order chi connectivity index (χ1) is 19.0. The van der Waals surface area contributed by atoms with Crippen molar-refractivity contribution in [3.63, 3.8) is 0 Å². The van der Waals surface area contributed by atoms with E-state index in [-0.39, 0.29) is 17.8 Å². The van der Waals surface area contributed by atoms with Crippen LogP contribution in [-0.2, 0) is 6.54 Å². The van der Waals surface area contributed by atoms with Gasteiger partial charge in [0, 0.05) is 29.7 Å². The van der Waals surface area contributed by atoms with Crippen molar-refractivity contribution in [3.05, 3.63) is 77.3 Å². The molecule has 5 aromatic rings. The van der Waals surface area contributed by atoms with E-state index in [0.29, 0.717) is 38.8 Å². The van der Waals surface area contributed by atoms with Gasteiger partial charge in [0.2, 0.25) is 0 Å². The van der Waals surface area contributed by atoms with E-state index in [4.69, 9.17) is 0 Å². The second kappa shape index (κ2) is 9.44. The number of rotatable bonds is 5. The van der Waals surface area contributed by atoms with Crippen molar-refractivity contribution < 1.29 is 14.0 Å². The molecule has 0 radical (unpaired) electrons. The van der Waals surface area contributed by atoms with Crippen LogP contribution in [0.5, 0.6) is 0 Å². The standard InChI is InChI=1S/C28H24FN7O2S/c29-18-3-1-2-16(12-18)14-35-11-8-17-13-20(4-5-21(17)35)36-25-22-23(34-28(36)38)24(39-27(22)32-15-31-25)26(37)33-19-6-9-30-10-7-19/h1-5,8,11-13,15,19,30H,6-7,9-10,14H2,(H,33,37)(H,34,38). The van der Waals surface area contributed by atoms with E-state index in [1.807, 2.05) is 41.1 Å². The van der Waals surface area contributed by atoms with E-state index in [1.54, 1.807) is 6.07 Å². The monoisotopic (exact) mass is 541 g/mol. The Labute approximate surface area is 226 Å². The van der Waals surface area contributed by atoms with Crippen molar-refractivity contribution in [1.82, 2.24) is 25.2 Å². The Morgan fingerprint density at radius 3 is 2.85 bits per heavy atom. The molecular formula is C28H24FN7O2S. The lowest BCUT2D eigenvalue weighted by Crippen LogP contribution is -2.43. The van der Waals surface area contributed by atoms with Crippen molar-refractivity contribution >= 4 is 61.6 Å². The summed E-state index contributed by atoms with van der Waals surface area (Å²) in [4.78, 5) is 38.1. The minimum Gasteiger partial charge on any atom is -0.348 e. The van der Waals surface area contributed by atoms with Gasteiger partial charge in [-0.3, -0.25) is 4.79 Å². The van der Waals surface area contributed by atoms with Crippen LogP contribution >= 0.6 is 11.3 Å². The number of nitrogens with zero attached hydrogens (tertiary/aromatic N) is 4. The molecule has 1 fully saturated rings. The molecule has 9 nitrogen and oxygen atoms in total. The number of halogens is 1. The summed E-state index contributed by atoms with van der Waals surface area (Å²) in [7, 11) is 0. The highest BCUT2D eigenvalue weighted by Gasteiger charge is 2.34. The minimum atomic E-state index is -0.393. The molecular weight excluding hydrogens is 517 g/mol. The molecule has 3 aromatic heterocycles. The Hall–Kier alpha value is -4.35. The fraction of sp³-hybridized carbons (Fsp3) is 0.214. The molecule has 2 aliphatic rings. The third-order valence-corrected chi connectivity index (χ3v) is 8.35. The topological polar surface area (TPSA) is 104 Å².